The summed E-state index contributed by atoms with van der Waals surface area (Å²) < 4.78 is 17.8. The number of urea groups is 1. The molecule has 0 fully saturated rings. The van der Waals surface area contributed by atoms with E-state index < -0.39 is 12.1 Å². The first-order chi connectivity index (χ1) is 22.1. The van der Waals surface area contributed by atoms with Gasteiger partial charge in [-0.05, 0) is 67.1 Å². The number of carbonyl (C=O) groups excluding carboxylic acids is 2. The Bertz CT molecular complexity index is 1600. The fraction of sp³-hybridized carbons (Fsp3) is 0.270. The molecule has 0 saturated heterocycles. The third kappa shape index (κ3) is 11.0. The van der Waals surface area contributed by atoms with Crippen LogP contribution >= 0.6 is 0 Å². The Morgan fingerprint density at radius 3 is 1.89 bits per heavy atom. The van der Waals surface area contributed by atoms with E-state index in [2.05, 4.69) is 35.0 Å². The molecule has 0 aromatic heterocycles. The van der Waals surface area contributed by atoms with Crippen molar-refractivity contribution in [2.45, 2.75) is 65.9 Å². The summed E-state index contributed by atoms with van der Waals surface area (Å²) in [5.41, 5.74) is 7.27. The van der Waals surface area contributed by atoms with Crippen LogP contribution in [-0.2, 0) is 24.6 Å². The highest BCUT2D eigenvalue weighted by molar-refractivity contribution is 5.91. The Balaban J connectivity index is 1.42. The van der Waals surface area contributed by atoms with Crippen LogP contribution < -0.4 is 25.5 Å². The van der Waals surface area contributed by atoms with Crippen molar-refractivity contribution in [3.63, 3.8) is 0 Å². The molecule has 46 heavy (non-hydrogen) atoms. The van der Waals surface area contributed by atoms with Gasteiger partial charge in [0.25, 0.3) is 0 Å². The van der Waals surface area contributed by atoms with Crippen molar-refractivity contribution in [2.75, 3.05) is 5.32 Å². The van der Waals surface area contributed by atoms with E-state index in [1.807, 2.05) is 93.6 Å². The largest absolute Gasteiger partial charge is 0.488 e. The maximum absolute atomic E-state index is 12.6. The number of ether oxygens (including phenoxy) is 3. The van der Waals surface area contributed by atoms with Gasteiger partial charge in [-0.2, -0.15) is 5.10 Å². The van der Waals surface area contributed by atoms with Crippen LogP contribution in [0.4, 0.5) is 15.3 Å². The molecule has 0 bridgehead atoms. The van der Waals surface area contributed by atoms with Crippen LogP contribution in [0.5, 0.6) is 11.5 Å². The zero-order chi connectivity index (χ0) is 32.9. The summed E-state index contributed by atoms with van der Waals surface area (Å²) in [5, 5.41) is 9.69. The quantitative estimate of drug-likeness (QED) is 0.109. The van der Waals surface area contributed by atoms with Crippen LogP contribution in [-0.4, -0.2) is 23.9 Å². The van der Waals surface area contributed by atoms with Gasteiger partial charge in [-0.3, -0.25) is 0 Å². The molecule has 0 saturated carbocycles. The predicted molar refractivity (Wildman–Crippen MR) is 181 cm³/mol. The highest BCUT2D eigenvalue weighted by Gasteiger charge is 2.16. The number of hydrazone groups is 1. The average Bonchev–Trinajstić information content (AvgIpc) is 3.03. The Hall–Kier alpha value is -5.31. The van der Waals surface area contributed by atoms with Gasteiger partial charge in [0.2, 0.25) is 0 Å². The molecule has 0 aliphatic carbocycles. The first-order valence-corrected chi connectivity index (χ1v) is 15.2. The zero-order valence-corrected chi connectivity index (χ0v) is 27.0. The van der Waals surface area contributed by atoms with E-state index in [-0.39, 0.29) is 18.1 Å². The van der Waals surface area contributed by atoms with Crippen molar-refractivity contribution >= 4 is 24.0 Å². The van der Waals surface area contributed by atoms with Crippen molar-refractivity contribution in [2.24, 2.45) is 5.10 Å². The molecule has 0 aliphatic heterocycles. The van der Waals surface area contributed by atoms with E-state index in [9.17, 15) is 9.59 Å². The molecule has 0 aliphatic rings. The van der Waals surface area contributed by atoms with E-state index in [1.165, 1.54) is 0 Å². The smallest absolute Gasteiger partial charge is 0.407 e. The zero-order valence-electron chi connectivity index (χ0n) is 27.0. The summed E-state index contributed by atoms with van der Waals surface area (Å²) in [4.78, 5) is 24.5. The Morgan fingerprint density at radius 2 is 1.33 bits per heavy atom. The van der Waals surface area contributed by atoms with Gasteiger partial charge in [0.1, 0.15) is 31.3 Å². The Labute approximate surface area is 271 Å². The van der Waals surface area contributed by atoms with Gasteiger partial charge in [0.05, 0.1) is 6.21 Å². The van der Waals surface area contributed by atoms with Gasteiger partial charge in [-0.15, -0.1) is 0 Å². The predicted octanol–water partition coefficient (Wildman–Crippen LogP) is 8.15. The number of rotatable bonds is 12. The Kier molecular flexibility index (Phi) is 11.8. The van der Waals surface area contributed by atoms with Gasteiger partial charge in [-0.25, -0.2) is 15.0 Å². The number of carbonyl (C=O) groups is 2. The minimum Gasteiger partial charge on any atom is -0.488 e. The van der Waals surface area contributed by atoms with Gasteiger partial charge in [-0.1, -0.05) is 86.6 Å². The van der Waals surface area contributed by atoms with Gasteiger partial charge in [0.15, 0.2) is 0 Å². The highest BCUT2D eigenvalue weighted by Crippen LogP contribution is 2.34. The first kappa shape index (κ1) is 33.6. The molecule has 3 N–H and O–H groups in total. The van der Waals surface area contributed by atoms with Crippen LogP contribution in [0.25, 0.3) is 0 Å². The number of nitrogens with zero attached hydrogens (tertiary/aromatic N) is 1. The summed E-state index contributed by atoms with van der Waals surface area (Å²) in [5.74, 6) is 1.48. The van der Waals surface area contributed by atoms with Crippen molar-refractivity contribution in [1.29, 1.82) is 0 Å². The number of anilines is 1. The summed E-state index contributed by atoms with van der Waals surface area (Å²) in [6.07, 6.45) is 1.07. The van der Waals surface area contributed by atoms with Crippen LogP contribution in [0.2, 0.25) is 0 Å². The standard InChI is InChI=1S/C37H42N4O5/c1-26(2)32-20-30(22-38-41-35(42)39-31-18-16-29(17-19-31)25-46-36(43)40-37(3,4)5)33(44-23-27-12-8-6-9-13-27)21-34(32)45-24-28-14-10-7-11-15-28/h6-22,26H,23-25H2,1-5H3,(H,40,43)(H2,39,41,42)/b38-22+. The van der Waals surface area contributed by atoms with E-state index in [4.69, 9.17) is 14.2 Å². The van der Waals surface area contributed by atoms with Crippen molar-refractivity contribution in [3.8, 4) is 11.5 Å². The van der Waals surface area contributed by atoms with E-state index in [0.717, 1.165) is 28.0 Å². The minimum atomic E-state index is -0.511. The number of hydrogen-bond acceptors (Lipinski definition) is 6. The van der Waals surface area contributed by atoms with Crippen molar-refractivity contribution < 1.29 is 23.8 Å². The minimum absolute atomic E-state index is 0.113. The molecular weight excluding hydrogens is 580 g/mol. The second-order valence-corrected chi connectivity index (χ2v) is 12.1. The molecule has 240 valence electrons. The lowest BCUT2D eigenvalue weighted by Crippen LogP contribution is -2.40. The number of nitrogens with one attached hydrogen (secondary N) is 3. The number of benzene rings is 4. The van der Waals surface area contributed by atoms with E-state index in [0.29, 0.717) is 30.2 Å². The normalized spacial score (nSPS) is 11.3. The van der Waals surface area contributed by atoms with Crippen LogP contribution in [0, 0.1) is 0 Å². The summed E-state index contributed by atoms with van der Waals surface area (Å²) in [7, 11) is 0. The number of hydrogen-bond donors (Lipinski definition) is 3. The molecule has 4 rings (SSSR count). The second kappa shape index (κ2) is 16.1. The summed E-state index contributed by atoms with van der Waals surface area (Å²) in [6, 6.07) is 30.2. The first-order valence-electron chi connectivity index (χ1n) is 15.2. The highest BCUT2D eigenvalue weighted by atomic mass is 16.5. The van der Waals surface area contributed by atoms with Crippen molar-refractivity contribution in [3.05, 3.63) is 125 Å². The van der Waals surface area contributed by atoms with Crippen molar-refractivity contribution in [1.82, 2.24) is 10.7 Å². The molecule has 4 aromatic carbocycles. The summed E-state index contributed by atoms with van der Waals surface area (Å²) in [6.45, 7) is 10.7. The lowest BCUT2D eigenvalue weighted by molar-refractivity contribution is 0.131. The van der Waals surface area contributed by atoms with Gasteiger partial charge < -0.3 is 24.8 Å². The molecule has 0 heterocycles. The van der Waals surface area contributed by atoms with Gasteiger partial charge in [0, 0.05) is 22.9 Å². The molecule has 9 nitrogen and oxygen atoms in total. The summed E-state index contributed by atoms with van der Waals surface area (Å²) >= 11 is 0. The van der Waals surface area contributed by atoms with E-state index >= 15 is 0 Å². The van der Waals surface area contributed by atoms with Gasteiger partial charge >= 0.3 is 12.1 Å². The molecule has 0 atom stereocenters. The molecule has 3 amide bonds. The number of alkyl carbamates (subject to hydrolysis) is 1. The maximum Gasteiger partial charge on any atom is 0.407 e. The molecular formula is C37H42N4O5. The average molecular weight is 623 g/mol. The topological polar surface area (TPSA) is 110 Å². The molecule has 0 radical (unpaired) electrons. The fourth-order valence-electron chi connectivity index (χ4n) is 4.36. The fourth-order valence-corrected chi connectivity index (χ4v) is 4.36. The van der Waals surface area contributed by atoms with Crippen LogP contribution in [0.1, 0.15) is 68.4 Å². The maximum atomic E-state index is 12.6. The van der Waals surface area contributed by atoms with E-state index in [1.54, 1.807) is 30.5 Å². The lowest BCUT2D eigenvalue weighted by Gasteiger charge is -2.19. The number of amides is 3. The monoisotopic (exact) mass is 622 g/mol. The second-order valence-electron chi connectivity index (χ2n) is 12.1. The third-order valence-electron chi connectivity index (χ3n) is 6.67. The third-order valence-corrected chi connectivity index (χ3v) is 6.67. The molecule has 0 unspecified atom stereocenters. The van der Waals surface area contributed by atoms with Crippen LogP contribution in [0.15, 0.2) is 102 Å². The SMILES string of the molecule is CC(C)c1cc(/C=N/NC(=O)Nc2ccc(COC(=O)NC(C)(C)C)cc2)c(OCc2ccccc2)cc1OCc1ccccc1. The molecule has 4 aromatic rings. The molecule has 0 spiro atoms. The Morgan fingerprint density at radius 1 is 0.761 bits per heavy atom. The lowest BCUT2D eigenvalue weighted by atomic mass is 9.99. The van der Waals surface area contributed by atoms with Crippen LogP contribution in [0.3, 0.4) is 0 Å². The molecule has 9 heteroatoms.